The molecular formula is C11H28N2Si. The van der Waals surface area contributed by atoms with E-state index in [1.807, 2.05) is 0 Å². The van der Waals surface area contributed by atoms with Crippen LogP contribution in [0.25, 0.3) is 0 Å². The molecule has 14 heavy (non-hydrogen) atoms. The van der Waals surface area contributed by atoms with Gasteiger partial charge in [0.15, 0.2) is 0 Å². The lowest BCUT2D eigenvalue weighted by atomic mass is 10.1. The smallest absolute Gasteiger partial charge is 0.0614 e. The second-order valence-corrected chi connectivity index (χ2v) is 8.05. The molecule has 0 aliphatic rings. The summed E-state index contributed by atoms with van der Waals surface area (Å²) >= 11 is 0. The van der Waals surface area contributed by atoms with Crippen molar-refractivity contribution in [3.8, 4) is 0 Å². The van der Waals surface area contributed by atoms with Gasteiger partial charge in [-0.15, -0.1) is 0 Å². The molecule has 0 aliphatic heterocycles. The lowest BCUT2D eigenvalue weighted by Crippen LogP contribution is -2.50. The first-order valence-electron chi connectivity index (χ1n) is 5.85. The summed E-state index contributed by atoms with van der Waals surface area (Å²) in [5.74, 6) is 0. The molecule has 0 aromatic rings. The SMILES string of the molecule is CCC[SiH2]C(C)(C)C(NCC)N(C)C. The molecule has 0 aromatic carbocycles. The Morgan fingerprint density at radius 1 is 1.29 bits per heavy atom. The summed E-state index contributed by atoms with van der Waals surface area (Å²) in [4.78, 5) is 2.33. The standard InChI is InChI=1S/C11H28N2Si/c1-7-9-14-11(3,4)10(12-8-2)13(5)6/h10,12H,7-9,14H2,1-6H3. The van der Waals surface area contributed by atoms with Crippen LogP contribution in [0.3, 0.4) is 0 Å². The number of nitrogens with one attached hydrogen (secondary N) is 1. The van der Waals surface area contributed by atoms with Gasteiger partial charge in [0.1, 0.15) is 0 Å². The Morgan fingerprint density at radius 3 is 2.21 bits per heavy atom. The minimum absolute atomic E-state index is 0.0245. The van der Waals surface area contributed by atoms with Gasteiger partial charge in [0.25, 0.3) is 0 Å². The predicted octanol–water partition coefficient (Wildman–Crippen LogP) is 1.68. The van der Waals surface area contributed by atoms with Gasteiger partial charge in [0.2, 0.25) is 0 Å². The highest BCUT2D eigenvalue weighted by molar-refractivity contribution is 6.40. The number of hydrogen-bond donors (Lipinski definition) is 1. The van der Waals surface area contributed by atoms with E-state index >= 15 is 0 Å². The summed E-state index contributed by atoms with van der Waals surface area (Å²) in [6.07, 6.45) is 1.90. The zero-order valence-electron chi connectivity index (χ0n) is 10.9. The van der Waals surface area contributed by atoms with E-state index in [0.717, 1.165) is 6.54 Å². The molecule has 0 bridgehead atoms. The zero-order chi connectivity index (χ0) is 11.2. The van der Waals surface area contributed by atoms with Crippen molar-refractivity contribution in [2.45, 2.75) is 51.4 Å². The highest BCUT2D eigenvalue weighted by Crippen LogP contribution is 2.30. The third kappa shape index (κ3) is 4.58. The van der Waals surface area contributed by atoms with E-state index in [-0.39, 0.29) is 9.52 Å². The fourth-order valence-corrected chi connectivity index (χ4v) is 4.17. The molecule has 2 nitrogen and oxygen atoms in total. The van der Waals surface area contributed by atoms with Gasteiger partial charge in [-0.2, -0.15) is 0 Å². The fraction of sp³-hybridized carbons (Fsp3) is 1.00. The summed E-state index contributed by atoms with van der Waals surface area (Å²) in [6.45, 7) is 10.4. The molecule has 0 aromatic heterocycles. The largest absolute Gasteiger partial charge is 0.302 e. The summed E-state index contributed by atoms with van der Waals surface area (Å²) in [6, 6.07) is 1.46. The maximum Gasteiger partial charge on any atom is 0.0614 e. The maximum atomic E-state index is 3.59. The van der Waals surface area contributed by atoms with Crippen LogP contribution in [0.1, 0.15) is 34.1 Å². The van der Waals surface area contributed by atoms with Crippen molar-refractivity contribution in [1.29, 1.82) is 0 Å². The lowest BCUT2D eigenvalue weighted by Gasteiger charge is -2.39. The van der Waals surface area contributed by atoms with Crippen LogP contribution in [0.15, 0.2) is 0 Å². The number of rotatable bonds is 7. The Balaban J connectivity index is 4.29. The van der Waals surface area contributed by atoms with Gasteiger partial charge in [-0.25, -0.2) is 0 Å². The average Bonchev–Trinajstić information content (AvgIpc) is 2.10. The van der Waals surface area contributed by atoms with Gasteiger partial charge in [0, 0.05) is 9.52 Å². The van der Waals surface area contributed by atoms with Crippen molar-refractivity contribution in [2.75, 3.05) is 20.6 Å². The monoisotopic (exact) mass is 216 g/mol. The lowest BCUT2D eigenvalue weighted by molar-refractivity contribution is 0.200. The normalized spacial score (nSPS) is 15.6. The van der Waals surface area contributed by atoms with E-state index in [0.29, 0.717) is 11.2 Å². The van der Waals surface area contributed by atoms with Crippen LogP contribution in [0, 0.1) is 0 Å². The molecule has 0 heterocycles. The first-order chi connectivity index (χ1) is 6.45. The molecule has 0 rings (SSSR count). The average molecular weight is 216 g/mol. The predicted molar refractivity (Wildman–Crippen MR) is 68.8 cm³/mol. The second-order valence-electron chi connectivity index (χ2n) is 5.02. The topological polar surface area (TPSA) is 15.3 Å². The maximum absolute atomic E-state index is 3.59. The first kappa shape index (κ1) is 14.1. The molecule has 3 heteroatoms. The van der Waals surface area contributed by atoms with Crippen LogP contribution >= 0.6 is 0 Å². The first-order valence-corrected chi connectivity index (χ1v) is 7.56. The molecular weight excluding hydrogens is 188 g/mol. The number of nitrogens with zero attached hydrogens (tertiary/aromatic N) is 1. The Hall–Kier alpha value is 0.137. The van der Waals surface area contributed by atoms with Crippen molar-refractivity contribution < 1.29 is 0 Å². The molecule has 0 amide bonds. The van der Waals surface area contributed by atoms with Crippen molar-refractivity contribution in [3.63, 3.8) is 0 Å². The van der Waals surface area contributed by atoms with Crippen LogP contribution < -0.4 is 5.32 Å². The van der Waals surface area contributed by atoms with Gasteiger partial charge < -0.3 is 5.32 Å². The van der Waals surface area contributed by atoms with Crippen LogP contribution in [0.4, 0.5) is 0 Å². The molecule has 0 saturated heterocycles. The molecule has 1 N–H and O–H groups in total. The summed E-state index contributed by atoms with van der Waals surface area (Å²) in [7, 11) is 4.38. The Labute approximate surface area is 92.3 Å². The molecule has 0 saturated carbocycles. The molecule has 0 radical (unpaired) electrons. The molecule has 0 aliphatic carbocycles. The van der Waals surface area contributed by atoms with Crippen LogP contribution in [-0.2, 0) is 0 Å². The van der Waals surface area contributed by atoms with E-state index in [1.165, 1.54) is 12.5 Å². The molecule has 0 spiro atoms. The van der Waals surface area contributed by atoms with Crippen LogP contribution in [0.2, 0.25) is 11.1 Å². The minimum Gasteiger partial charge on any atom is -0.302 e. The Kier molecular flexibility index (Phi) is 6.65. The van der Waals surface area contributed by atoms with Crippen molar-refractivity contribution in [2.24, 2.45) is 0 Å². The van der Waals surface area contributed by atoms with Gasteiger partial charge in [-0.05, 0) is 25.7 Å². The molecule has 0 fully saturated rings. The molecule has 86 valence electrons. The van der Waals surface area contributed by atoms with Crippen LogP contribution in [-0.4, -0.2) is 41.2 Å². The van der Waals surface area contributed by atoms with Crippen LogP contribution in [0.5, 0.6) is 0 Å². The van der Waals surface area contributed by atoms with E-state index in [9.17, 15) is 0 Å². The third-order valence-corrected chi connectivity index (χ3v) is 5.56. The van der Waals surface area contributed by atoms with Gasteiger partial charge in [0.05, 0.1) is 6.17 Å². The van der Waals surface area contributed by atoms with Crippen molar-refractivity contribution in [1.82, 2.24) is 10.2 Å². The molecule has 1 unspecified atom stereocenters. The van der Waals surface area contributed by atoms with E-state index < -0.39 is 0 Å². The highest BCUT2D eigenvalue weighted by Gasteiger charge is 2.29. The van der Waals surface area contributed by atoms with Crippen molar-refractivity contribution in [3.05, 3.63) is 0 Å². The second kappa shape index (κ2) is 6.59. The Bertz CT molecular complexity index is 146. The van der Waals surface area contributed by atoms with E-state index in [2.05, 4.69) is 52.0 Å². The zero-order valence-corrected chi connectivity index (χ0v) is 12.3. The molecule has 1 atom stereocenters. The number of hydrogen-bond acceptors (Lipinski definition) is 2. The summed E-state index contributed by atoms with van der Waals surface area (Å²) in [5.41, 5.74) is 0. The minimum atomic E-state index is 0.0245. The van der Waals surface area contributed by atoms with Gasteiger partial charge >= 0.3 is 0 Å². The van der Waals surface area contributed by atoms with Crippen molar-refractivity contribution >= 4 is 9.52 Å². The third-order valence-electron chi connectivity index (χ3n) is 2.83. The highest BCUT2D eigenvalue weighted by atomic mass is 28.2. The van der Waals surface area contributed by atoms with Gasteiger partial charge in [-0.3, -0.25) is 4.90 Å². The quantitative estimate of drug-likeness (QED) is 0.514. The summed E-state index contributed by atoms with van der Waals surface area (Å²) in [5, 5.41) is 4.09. The Morgan fingerprint density at radius 2 is 1.86 bits per heavy atom. The van der Waals surface area contributed by atoms with Gasteiger partial charge in [-0.1, -0.05) is 40.2 Å². The van der Waals surface area contributed by atoms with E-state index in [4.69, 9.17) is 0 Å². The fourth-order valence-electron chi connectivity index (χ4n) is 2.12. The van der Waals surface area contributed by atoms with E-state index in [1.54, 1.807) is 0 Å². The summed E-state index contributed by atoms with van der Waals surface area (Å²) < 4.78 is 0.